The van der Waals surface area contributed by atoms with E-state index in [4.69, 9.17) is 0 Å². The van der Waals surface area contributed by atoms with Crippen LogP contribution in [0, 0.1) is 57.2 Å². The summed E-state index contributed by atoms with van der Waals surface area (Å²) in [5.74, 6) is 2.72. The number of hydrogen-bond donors (Lipinski definition) is 2. The van der Waals surface area contributed by atoms with E-state index in [2.05, 4.69) is 59.9 Å². The monoisotopic (exact) mass is 685 g/mol. The lowest BCUT2D eigenvalue weighted by atomic mass is 9.33. The summed E-state index contributed by atoms with van der Waals surface area (Å²) in [4.78, 5) is 41.3. The summed E-state index contributed by atoms with van der Waals surface area (Å²) < 4.78 is 0. The minimum atomic E-state index is -0.875. The molecule has 0 aromatic heterocycles. The van der Waals surface area contributed by atoms with Gasteiger partial charge in [0.05, 0.1) is 5.56 Å². The highest BCUT2D eigenvalue weighted by atomic mass is 16.4. The van der Waals surface area contributed by atoms with Gasteiger partial charge >= 0.3 is 12.0 Å². The molecule has 0 spiro atoms. The molecule has 0 radical (unpaired) electrons. The Kier molecular flexibility index (Phi) is 8.62. The van der Waals surface area contributed by atoms with E-state index >= 15 is 0 Å². The zero-order chi connectivity index (χ0) is 36.0. The molecule has 3 amide bonds. The minimum Gasteiger partial charge on any atom is -0.478 e. The quantitative estimate of drug-likeness (QED) is 0.332. The minimum absolute atomic E-state index is 0.00703. The lowest BCUT2D eigenvalue weighted by Gasteiger charge is -2.72. The van der Waals surface area contributed by atoms with Crippen LogP contribution in [-0.4, -0.2) is 64.5 Å². The number of carbonyl (C=O) groups excluding carboxylic acids is 2. The van der Waals surface area contributed by atoms with Crippen molar-refractivity contribution in [1.82, 2.24) is 15.1 Å². The number of hydrogen-bond acceptors (Lipinski definition) is 3. The number of fused-ring (bicyclic) bond motifs is 7. The molecule has 1 aromatic rings. The molecular weight excluding hydrogens is 622 g/mol. The van der Waals surface area contributed by atoms with E-state index in [1.807, 2.05) is 21.9 Å². The van der Waals surface area contributed by atoms with Crippen molar-refractivity contribution >= 4 is 23.5 Å². The van der Waals surface area contributed by atoms with Crippen molar-refractivity contribution in [3.8, 4) is 0 Å². The third kappa shape index (κ3) is 5.12. The van der Waals surface area contributed by atoms with Crippen molar-refractivity contribution < 1.29 is 19.5 Å². The Morgan fingerprint density at radius 1 is 0.800 bits per heavy atom. The van der Waals surface area contributed by atoms with Gasteiger partial charge in [-0.2, -0.15) is 0 Å². The Bertz CT molecular complexity index is 1560. The number of nitrogens with one attached hydrogen (secondary N) is 1. The van der Waals surface area contributed by atoms with Crippen LogP contribution in [0.2, 0.25) is 0 Å². The Labute approximate surface area is 301 Å². The van der Waals surface area contributed by atoms with E-state index in [9.17, 15) is 19.5 Å². The van der Waals surface area contributed by atoms with Crippen LogP contribution in [0.15, 0.2) is 30.3 Å². The number of urea groups is 1. The zero-order valence-electron chi connectivity index (χ0n) is 32.1. The second-order valence-electron chi connectivity index (χ2n) is 19.1. The number of carbonyl (C=O) groups is 3. The van der Waals surface area contributed by atoms with Crippen LogP contribution < -0.4 is 5.32 Å². The highest BCUT2D eigenvalue weighted by Crippen LogP contribution is 2.76. The van der Waals surface area contributed by atoms with Crippen molar-refractivity contribution in [2.45, 2.75) is 119 Å². The molecule has 5 aliphatic carbocycles. The first kappa shape index (κ1) is 35.6. The molecule has 7 nitrogen and oxygen atoms in total. The average molecular weight is 686 g/mol. The second kappa shape index (κ2) is 12.1. The first-order chi connectivity index (χ1) is 23.5. The molecule has 1 aromatic carbocycles. The Morgan fingerprint density at radius 2 is 1.46 bits per heavy atom. The third-order valence-electron chi connectivity index (χ3n) is 16.7. The van der Waals surface area contributed by atoms with Crippen LogP contribution in [0.3, 0.4) is 0 Å². The first-order valence-electron chi connectivity index (χ1n) is 19.9. The van der Waals surface area contributed by atoms with Gasteiger partial charge in [0.15, 0.2) is 0 Å². The molecule has 1 saturated heterocycles. The Morgan fingerprint density at radius 3 is 2.08 bits per heavy atom. The Hall–Kier alpha value is -2.83. The highest BCUT2D eigenvalue weighted by Gasteiger charge is 2.70. The van der Waals surface area contributed by atoms with E-state index in [0.29, 0.717) is 67.2 Å². The number of carboxylic acids is 1. The molecule has 7 heteroatoms. The fourth-order valence-corrected chi connectivity index (χ4v) is 14.0. The van der Waals surface area contributed by atoms with E-state index in [1.165, 1.54) is 49.7 Å². The van der Waals surface area contributed by atoms with Gasteiger partial charge < -0.3 is 20.2 Å². The highest BCUT2D eigenvalue weighted by molar-refractivity contribution is 5.88. The largest absolute Gasteiger partial charge is 0.478 e. The summed E-state index contributed by atoms with van der Waals surface area (Å²) in [5.41, 5.74) is 3.39. The number of benzene rings is 1. The van der Waals surface area contributed by atoms with Crippen LogP contribution in [0.5, 0.6) is 0 Å². The molecule has 0 bridgehead atoms. The molecule has 2 N–H and O–H groups in total. The number of amides is 3. The molecule has 4 saturated carbocycles. The summed E-state index contributed by atoms with van der Waals surface area (Å²) in [7, 11) is 0. The molecule has 0 unspecified atom stereocenters. The van der Waals surface area contributed by atoms with E-state index < -0.39 is 5.97 Å². The lowest BCUT2D eigenvalue weighted by molar-refractivity contribution is -0.220. The van der Waals surface area contributed by atoms with Gasteiger partial charge in [0.2, 0.25) is 5.91 Å². The molecule has 6 aliphatic rings. The van der Waals surface area contributed by atoms with Crippen LogP contribution in [0.25, 0.3) is 5.57 Å². The molecule has 50 heavy (non-hydrogen) atoms. The van der Waals surface area contributed by atoms with E-state index in [1.54, 1.807) is 19.1 Å². The topological polar surface area (TPSA) is 90.0 Å². The second-order valence-corrected chi connectivity index (χ2v) is 19.1. The van der Waals surface area contributed by atoms with Crippen molar-refractivity contribution in [3.63, 3.8) is 0 Å². The van der Waals surface area contributed by atoms with Gasteiger partial charge in [-0.05, 0) is 138 Å². The molecule has 1 heterocycles. The number of aromatic carboxylic acids is 1. The fraction of sp³-hybridized carbons (Fsp3) is 0.744. The van der Waals surface area contributed by atoms with Crippen molar-refractivity contribution in [1.29, 1.82) is 0 Å². The molecule has 1 aliphatic heterocycles. The predicted molar refractivity (Wildman–Crippen MR) is 198 cm³/mol. The maximum Gasteiger partial charge on any atom is 0.335 e. The summed E-state index contributed by atoms with van der Waals surface area (Å²) in [6.07, 6.45) is 13.1. The zero-order valence-corrected chi connectivity index (χ0v) is 32.1. The number of nitrogens with zero attached hydrogens (tertiary/aromatic N) is 2. The van der Waals surface area contributed by atoms with Gasteiger partial charge in [-0.1, -0.05) is 66.7 Å². The van der Waals surface area contributed by atoms with Gasteiger partial charge in [-0.25, -0.2) is 9.59 Å². The maximum absolute atomic E-state index is 14.0. The number of piperazine rings is 1. The van der Waals surface area contributed by atoms with Crippen LogP contribution >= 0.6 is 0 Å². The smallest absolute Gasteiger partial charge is 0.335 e. The molecular formula is C43H63N3O4. The summed E-state index contributed by atoms with van der Waals surface area (Å²) >= 11 is 0. The summed E-state index contributed by atoms with van der Waals surface area (Å²) in [6, 6.07) is 7.64. The molecule has 274 valence electrons. The standard InChI is InChI=1S/C43H63N3O4/c1-27(2)31-15-20-43(44-38(50)46-25-23-45(24-26-46)28(3)47)22-21-41(7)33(36(31)43)13-14-35-40(6)18-16-32(29-9-11-30(12-10-29)37(48)49)39(4,5)34(40)17-19-42(35,41)8/h9-12,16,27,31,33-36H,13-15,17-26H2,1-8H3,(H,44,50)(H,48,49)/t31-,33+,34-,35+,36+,40-,41+,42+,43-/m0/s1. The van der Waals surface area contributed by atoms with E-state index in [0.717, 1.165) is 19.3 Å². The van der Waals surface area contributed by atoms with E-state index in [-0.39, 0.29) is 39.1 Å². The average Bonchev–Trinajstić information content (AvgIpc) is 3.44. The maximum atomic E-state index is 14.0. The number of rotatable bonds is 4. The Balaban J connectivity index is 1.17. The van der Waals surface area contributed by atoms with Crippen molar-refractivity contribution in [2.75, 3.05) is 26.2 Å². The molecule has 9 atom stereocenters. The van der Waals surface area contributed by atoms with Gasteiger partial charge in [0, 0.05) is 38.6 Å². The van der Waals surface area contributed by atoms with Gasteiger partial charge in [0.25, 0.3) is 0 Å². The fourth-order valence-electron chi connectivity index (χ4n) is 14.0. The normalized spacial score (nSPS) is 40.6. The van der Waals surface area contributed by atoms with Crippen LogP contribution in [0.4, 0.5) is 4.79 Å². The van der Waals surface area contributed by atoms with Crippen molar-refractivity contribution in [3.05, 3.63) is 41.5 Å². The van der Waals surface area contributed by atoms with Gasteiger partial charge in [-0.3, -0.25) is 4.79 Å². The predicted octanol–water partition coefficient (Wildman–Crippen LogP) is 8.74. The number of carboxylic acid groups (broad SMARTS) is 1. The SMILES string of the molecule is CC(=O)N1CCN(C(=O)N[C@]23CC[C@@H](C(C)C)[C@@H]2[C@H]2CC[C@@H]4[C@@]5(C)CC=C(c6ccc(C(=O)O)cc6)C(C)(C)[C@@H]5CC[C@@]4(C)[C@]2(C)CC3)CC1. The van der Waals surface area contributed by atoms with Gasteiger partial charge in [-0.15, -0.1) is 0 Å². The first-order valence-corrected chi connectivity index (χ1v) is 19.9. The molecule has 5 fully saturated rings. The van der Waals surface area contributed by atoms with Gasteiger partial charge in [0.1, 0.15) is 0 Å². The van der Waals surface area contributed by atoms with Crippen LogP contribution in [0.1, 0.15) is 129 Å². The van der Waals surface area contributed by atoms with Crippen LogP contribution in [-0.2, 0) is 4.79 Å². The number of allylic oxidation sites excluding steroid dienone is 2. The summed E-state index contributed by atoms with van der Waals surface area (Å²) in [6.45, 7) is 21.8. The molecule has 7 rings (SSSR count). The van der Waals surface area contributed by atoms with Crippen molar-refractivity contribution in [2.24, 2.45) is 57.2 Å². The summed E-state index contributed by atoms with van der Waals surface area (Å²) in [5, 5.41) is 13.3. The third-order valence-corrected chi connectivity index (χ3v) is 16.7. The lowest BCUT2D eigenvalue weighted by Crippen LogP contribution is -2.69.